The van der Waals surface area contributed by atoms with E-state index in [0.717, 1.165) is 12.8 Å². The number of hydrogen-bond acceptors (Lipinski definition) is 4. The Balaban J connectivity index is 2.45. The number of nitrogens with two attached hydrogens (primary N) is 1. The highest BCUT2D eigenvalue weighted by molar-refractivity contribution is 5.86. The molecule has 6 nitrogen and oxygen atoms in total. The van der Waals surface area contributed by atoms with E-state index in [1.807, 2.05) is 6.92 Å². The molecule has 1 saturated heterocycles. The molecule has 0 spiro atoms. The van der Waals surface area contributed by atoms with Gasteiger partial charge in [-0.3, -0.25) is 9.59 Å². The molecule has 1 aliphatic heterocycles. The van der Waals surface area contributed by atoms with Crippen molar-refractivity contribution in [3.63, 3.8) is 0 Å². The van der Waals surface area contributed by atoms with Gasteiger partial charge in [0.05, 0.1) is 12.5 Å². The fourth-order valence-electron chi connectivity index (χ4n) is 1.62. The number of hydrogen-bond donors (Lipinski definition) is 3. The van der Waals surface area contributed by atoms with Crippen LogP contribution >= 0.6 is 0 Å². The van der Waals surface area contributed by atoms with E-state index in [0.29, 0.717) is 13.2 Å². The summed E-state index contributed by atoms with van der Waals surface area (Å²) in [5, 5.41) is 11.3. The van der Waals surface area contributed by atoms with Crippen molar-refractivity contribution in [3.8, 4) is 0 Å². The lowest BCUT2D eigenvalue weighted by Gasteiger charge is -2.35. The molecule has 0 bridgehead atoms. The molecule has 0 aromatic heterocycles. The Kier molecular flexibility index (Phi) is 4.26. The van der Waals surface area contributed by atoms with Gasteiger partial charge in [-0.1, -0.05) is 0 Å². The van der Waals surface area contributed by atoms with E-state index in [4.69, 9.17) is 15.6 Å². The lowest BCUT2D eigenvalue weighted by Crippen LogP contribution is -2.54. The molecule has 0 aliphatic carbocycles. The van der Waals surface area contributed by atoms with Crippen molar-refractivity contribution >= 4 is 11.9 Å². The number of carbonyl (C=O) groups excluding carboxylic acids is 1. The molecule has 1 rings (SSSR count). The lowest BCUT2D eigenvalue weighted by molar-refractivity contribution is -0.140. The largest absolute Gasteiger partial charge is 0.481 e. The number of carboxylic acid groups (broad SMARTS) is 1. The van der Waals surface area contributed by atoms with Crippen LogP contribution in [0.15, 0.2) is 0 Å². The van der Waals surface area contributed by atoms with Gasteiger partial charge in [-0.25, -0.2) is 0 Å². The van der Waals surface area contributed by atoms with Gasteiger partial charge in [0.25, 0.3) is 0 Å². The Bertz CT molecular complexity index is 274. The molecule has 92 valence electrons. The third-order valence-electron chi connectivity index (χ3n) is 2.75. The highest BCUT2D eigenvalue weighted by Gasteiger charge is 2.31. The number of amides is 1. The topological polar surface area (TPSA) is 102 Å². The zero-order valence-corrected chi connectivity index (χ0v) is 9.36. The number of rotatable bonds is 4. The van der Waals surface area contributed by atoms with Crippen molar-refractivity contribution in [3.05, 3.63) is 0 Å². The van der Waals surface area contributed by atoms with Crippen molar-refractivity contribution in [2.75, 3.05) is 13.2 Å². The van der Waals surface area contributed by atoms with E-state index in [1.165, 1.54) is 0 Å². The molecule has 1 aliphatic rings. The Labute approximate surface area is 94.1 Å². The average Bonchev–Trinajstić information content (AvgIpc) is 2.16. The minimum Gasteiger partial charge on any atom is -0.481 e. The molecule has 1 amide bonds. The van der Waals surface area contributed by atoms with Crippen molar-refractivity contribution in [2.24, 2.45) is 5.73 Å². The van der Waals surface area contributed by atoms with Gasteiger partial charge in [-0.05, 0) is 19.8 Å². The van der Waals surface area contributed by atoms with Crippen LogP contribution in [0.1, 0.15) is 26.2 Å². The second kappa shape index (κ2) is 5.27. The van der Waals surface area contributed by atoms with E-state index >= 15 is 0 Å². The molecule has 1 heterocycles. The number of carboxylic acids is 1. The number of aliphatic carboxylic acids is 1. The third-order valence-corrected chi connectivity index (χ3v) is 2.75. The minimum atomic E-state index is -1.07. The molecule has 0 radical (unpaired) electrons. The van der Waals surface area contributed by atoms with Gasteiger partial charge in [0.1, 0.15) is 0 Å². The maximum absolute atomic E-state index is 11.6. The molecule has 4 N–H and O–H groups in total. The highest BCUT2D eigenvalue weighted by atomic mass is 16.5. The SMILES string of the molecule is CC1(NC(=O)C(N)CC(=O)O)CCOCC1. The first-order valence-electron chi connectivity index (χ1n) is 5.30. The standard InChI is InChI=1S/C10H18N2O4/c1-10(2-4-16-5-3-10)12-9(15)7(11)6-8(13)14/h7H,2-6,11H2,1H3,(H,12,15)(H,13,14). The van der Waals surface area contributed by atoms with Gasteiger partial charge in [-0.2, -0.15) is 0 Å². The molecule has 0 saturated carbocycles. The highest BCUT2D eigenvalue weighted by Crippen LogP contribution is 2.19. The summed E-state index contributed by atoms with van der Waals surface area (Å²) in [7, 11) is 0. The van der Waals surface area contributed by atoms with E-state index in [1.54, 1.807) is 0 Å². The van der Waals surface area contributed by atoms with E-state index in [-0.39, 0.29) is 12.0 Å². The summed E-state index contributed by atoms with van der Waals surface area (Å²) < 4.78 is 5.19. The summed E-state index contributed by atoms with van der Waals surface area (Å²) in [5.41, 5.74) is 5.14. The van der Waals surface area contributed by atoms with Crippen LogP contribution in [0, 0.1) is 0 Å². The second-order valence-electron chi connectivity index (χ2n) is 4.37. The predicted octanol–water partition coefficient (Wildman–Crippen LogP) is -0.526. The quantitative estimate of drug-likeness (QED) is 0.603. The first kappa shape index (κ1) is 12.9. The zero-order chi connectivity index (χ0) is 12.2. The maximum atomic E-state index is 11.6. The van der Waals surface area contributed by atoms with Gasteiger partial charge in [0.2, 0.25) is 5.91 Å². The monoisotopic (exact) mass is 230 g/mol. The number of nitrogens with one attached hydrogen (secondary N) is 1. The van der Waals surface area contributed by atoms with Crippen LogP contribution in [0.25, 0.3) is 0 Å². The van der Waals surface area contributed by atoms with Crippen LogP contribution < -0.4 is 11.1 Å². The zero-order valence-electron chi connectivity index (χ0n) is 9.36. The summed E-state index contributed by atoms with van der Waals surface area (Å²) >= 11 is 0. The van der Waals surface area contributed by atoms with E-state index in [9.17, 15) is 9.59 Å². The van der Waals surface area contributed by atoms with Gasteiger partial charge < -0.3 is 20.9 Å². The summed E-state index contributed by atoms with van der Waals surface area (Å²) in [4.78, 5) is 22.0. The molecule has 6 heteroatoms. The smallest absolute Gasteiger partial charge is 0.305 e. The van der Waals surface area contributed by atoms with Gasteiger partial charge >= 0.3 is 5.97 Å². The average molecular weight is 230 g/mol. The first-order chi connectivity index (χ1) is 7.43. The lowest BCUT2D eigenvalue weighted by atomic mass is 9.92. The minimum absolute atomic E-state index is 0.328. The first-order valence-corrected chi connectivity index (χ1v) is 5.30. The van der Waals surface area contributed by atoms with Crippen LogP contribution in [-0.2, 0) is 14.3 Å². The third kappa shape index (κ3) is 3.79. The second-order valence-corrected chi connectivity index (χ2v) is 4.37. The number of carbonyl (C=O) groups is 2. The van der Waals surface area contributed by atoms with Crippen LogP contribution in [0.2, 0.25) is 0 Å². The Morgan fingerprint density at radius 1 is 1.50 bits per heavy atom. The van der Waals surface area contributed by atoms with Crippen molar-refractivity contribution in [1.29, 1.82) is 0 Å². The molecule has 0 aromatic rings. The molecule has 16 heavy (non-hydrogen) atoms. The van der Waals surface area contributed by atoms with Crippen LogP contribution in [0.4, 0.5) is 0 Å². The van der Waals surface area contributed by atoms with Gasteiger partial charge in [-0.15, -0.1) is 0 Å². The Morgan fingerprint density at radius 3 is 2.56 bits per heavy atom. The molecule has 1 atom stereocenters. The molecular weight excluding hydrogens is 212 g/mol. The summed E-state index contributed by atoms with van der Waals surface area (Å²) in [5.74, 6) is -1.48. The predicted molar refractivity (Wildman–Crippen MR) is 56.8 cm³/mol. The fraction of sp³-hybridized carbons (Fsp3) is 0.800. The van der Waals surface area contributed by atoms with Gasteiger partial charge in [0.15, 0.2) is 0 Å². The van der Waals surface area contributed by atoms with E-state index in [2.05, 4.69) is 5.32 Å². The van der Waals surface area contributed by atoms with Crippen molar-refractivity contribution < 1.29 is 19.4 Å². The molecular formula is C10H18N2O4. The fourth-order valence-corrected chi connectivity index (χ4v) is 1.62. The van der Waals surface area contributed by atoms with Crippen LogP contribution in [-0.4, -0.2) is 41.8 Å². The summed E-state index contributed by atoms with van der Waals surface area (Å²) in [6.07, 6.45) is 1.09. The van der Waals surface area contributed by atoms with Crippen LogP contribution in [0.5, 0.6) is 0 Å². The van der Waals surface area contributed by atoms with Crippen molar-refractivity contribution in [1.82, 2.24) is 5.32 Å². The normalized spacial score (nSPS) is 21.1. The van der Waals surface area contributed by atoms with E-state index < -0.39 is 17.9 Å². The molecule has 0 aromatic carbocycles. The summed E-state index contributed by atoms with van der Waals surface area (Å²) in [6.45, 7) is 3.12. The molecule has 1 unspecified atom stereocenters. The Morgan fingerprint density at radius 2 is 2.06 bits per heavy atom. The Hall–Kier alpha value is -1.14. The van der Waals surface area contributed by atoms with Gasteiger partial charge in [0, 0.05) is 18.8 Å². The summed E-state index contributed by atoms with van der Waals surface area (Å²) in [6, 6.07) is -0.989. The molecule has 1 fully saturated rings. The maximum Gasteiger partial charge on any atom is 0.305 e. The number of ether oxygens (including phenoxy) is 1. The van der Waals surface area contributed by atoms with Crippen LogP contribution in [0.3, 0.4) is 0 Å². The van der Waals surface area contributed by atoms with Crippen molar-refractivity contribution in [2.45, 2.75) is 37.8 Å².